The number of aromatic nitrogens is 2. The zero-order valence-electron chi connectivity index (χ0n) is 20.7. The minimum Gasteiger partial charge on any atom is -0.368 e. The smallest absolute Gasteiger partial charge is 0.263 e. The first kappa shape index (κ1) is 25.4. The average molecular weight is 547 g/mol. The number of nitrogens with zero attached hydrogens (tertiary/aromatic N) is 5. The summed E-state index contributed by atoms with van der Waals surface area (Å²) in [6.07, 6.45) is 1.71. The number of benzene rings is 2. The van der Waals surface area contributed by atoms with Gasteiger partial charge in [0.1, 0.15) is 17.7 Å². The lowest BCUT2D eigenvalue weighted by Gasteiger charge is -2.41. The second kappa shape index (κ2) is 10.3. The van der Waals surface area contributed by atoms with Gasteiger partial charge in [0, 0.05) is 57.1 Å². The van der Waals surface area contributed by atoms with Crippen LogP contribution in [-0.4, -0.2) is 67.3 Å². The van der Waals surface area contributed by atoms with E-state index in [1.54, 1.807) is 43.3 Å². The van der Waals surface area contributed by atoms with Gasteiger partial charge in [0.05, 0.1) is 4.90 Å². The fraction of sp³-hybridized carbons (Fsp3) is 0.400. The Morgan fingerprint density at radius 3 is 2.51 bits per heavy atom. The van der Waals surface area contributed by atoms with Crippen molar-refractivity contribution in [3.05, 3.63) is 59.7 Å². The summed E-state index contributed by atoms with van der Waals surface area (Å²) >= 11 is 0.998. The molecule has 0 spiro atoms. The topological polar surface area (TPSA) is 98.7 Å². The average Bonchev–Trinajstić information content (AvgIpc) is 3.31. The van der Waals surface area contributed by atoms with E-state index in [9.17, 15) is 17.6 Å². The van der Waals surface area contributed by atoms with Crippen LogP contribution in [0.3, 0.4) is 0 Å². The van der Waals surface area contributed by atoms with Crippen molar-refractivity contribution in [1.29, 1.82) is 0 Å². The minimum atomic E-state index is -3.75. The number of fused-ring (bicyclic) bond motifs is 1. The maximum Gasteiger partial charge on any atom is 0.263 e. The second-order valence-corrected chi connectivity index (χ2v) is 11.7. The number of sulfonamides is 1. The van der Waals surface area contributed by atoms with E-state index >= 15 is 0 Å². The third kappa shape index (κ3) is 5.40. The number of hydrogen-bond donors (Lipinski definition) is 1. The first-order chi connectivity index (χ1) is 17.7. The summed E-state index contributed by atoms with van der Waals surface area (Å²) in [6, 6.07) is 11.2. The van der Waals surface area contributed by atoms with Gasteiger partial charge in [-0.2, -0.15) is 4.37 Å². The molecule has 5 rings (SSSR count). The van der Waals surface area contributed by atoms with Crippen molar-refractivity contribution in [3.8, 4) is 0 Å². The van der Waals surface area contributed by atoms with Gasteiger partial charge in [0.2, 0.25) is 11.0 Å². The van der Waals surface area contributed by atoms with Gasteiger partial charge in [-0.1, -0.05) is 0 Å². The van der Waals surface area contributed by atoms with Crippen LogP contribution in [0.4, 0.5) is 20.9 Å². The molecule has 1 fully saturated rings. The van der Waals surface area contributed by atoms with Gasteiger partial charge in [-0.15, -0.1) is 0 Å². The quantitative estimate of drug-likeness (QED) is 0.505. The molecule has 1 amide bonds. The van der Waals surface area contributed by atoms with Crippen LogP contribution in [-0.2, 0) is 21.2 Å². The zero-order valence-corrected chi connectivity index (χ0v) is 22.4. The highest BCUT2D eigenvalue weighted by atomic mass is 32.2. The molecule has 2 aliphatic heterocycles. The van der Waals surface area contributed by atoms with Crippen LogP contribution in [0, 0.1) is 12.7 Å². The lowest BCUT2D eigenvalue weighted by molar-refractivity contribution is -0.132. The lowest BCUT2D eigenvalue weighted by atomic mass is 9.99. The van der Waals surface area contributed by atoms with Crippen molar-refractivity contribution in [2.75, 3.05) is 47.2 Å². The van der Waals surface area contributed by atoms with Crippen molar-refractivity contribution in [1.82, 2.24) is 14.3 Å². The molecule has 0 unspecified atom stereocenters. The molecule has 3 aromatic rings. The van der Waals surface area contributed by atoms with Crippen LogP contribution >= 0.6 is 11.5 Å². The van der Waals surface area contributed by atoms with E-state index in [0.29, 0.717) is 32.0 Å². The Morgan fingerprint density at radius 2 is 1.84 bits per heavy atom. The number of amides is 1. The molecule has 1 aromatic heterocycles. The Morgan fingerprint density at radius 1 is 1.11 bits per heavy atom. The molecule has 0 saturated carbocycles. The van der Waals surface area contributed by atoms with E-state index in [-0.39, 0.29) is 29.2 Å². The zero-order chi connectivity index (χ0) is 26.2. The number of carbonyl (C=O) groups is 1. The molecule has 198 valence electrons. The number of carbonyl (C=O) groups excluding carboxylic acids is 1. The van der Waals surface area contributed by atoms with E-state index in [4.69, 9.17) is 0 Å². The summed E-state index contributed by atoms with van der Waals surface area (Å²) in [5, 5.41) is 0.233. The van der Waals surface area contributed by atoms with Crippen molar-refractivity contribution in [3.63, 3.8) is 0 Å². The third-order valence-corrected chi connectivity index (χ3v) is 9.08. The Kier molecular flexibility index (Phi) is 7.04. The van der Waals surface area contributed by atoms with Gasteiger partial charge in [0.15, 0.2) is 0 Å². The monoisotopic (exact) mass is 546 g/mol. The first-order valence-electron chi connectivity index (χ1n) is 12.2. The fourth-order valence-electron chi connectivity index (χ4n) is 4.93. The molecule has 12 heteroatoms. The van der Waals surface area contributed by atoms with Crippen LogP contribution < -0.4 is 14.5 Å². The van der Waals surface area contributed by atoms with Crippen LogP contribution in [0.25, 0.3) is 0 Å². The number of hydrogen-bond acceptors (Lipinski definition) is 8. The number of halogens is 1. The summed E-state index contributed by atoms with van der Waals surface area (Å²) in [5.74, 6) is 0.335. The highest BCUT2D eigenvalue weighted by molar-refractivity contribution is 7.93. The maximum absolute atomic E-state index is 13.7. The molecule has 0 radical (unpaired) electrons. The summed E-state index contributed by atoms with van der Waals surface area (Å²) in [4.78, 5) is 23.6. The van der Waals surface area contributed by atoms with Crippen LogP contribution in [0.2, 0.25) is 0 Å². The van der Waals surface area contributed by atoms with Gasteiger partial charge < -0.3 is 14.7 Å². The second-order valence-electron chi connectivity index (χ2n) is 9.30. The maximum atomic E-state index is 13.7. The summed E-state index contributed by atoms with van der Waals surface area (Å²) in [7, 11) is -3.75. The molecule has 2 aliphatic rings. The number of aryl methyl sites for hydroxylation is 2. The van der Waals surface area contributed by atoms with E-state index in [1.165, 1.54) is 6.07 Å². The van der Waals surface area contributed by atoms with Crippen molar-refractivity contribution >= 4 is 44.0 Å². The largest absolute Gasteiger partial charge is 0.368 e. The van der Waals surface area contributed by atoms with E-state index in [1.807, 2.05) is 11.8 Å². The molecule has 0 aliphatic carbocycles. The SMILES string of the molecule is Cc1nsc(NS(=O)(=O)c2ccc(N3CCN(C(=O)[C@@H](C)N4CCCc5cc(F)ccc54)CC3)cc2)n1.[HH]. The highest BCUT2D eigenvalue weighted by Crippen LogP contribution is 2.30. The molecule has 0 bridgehead atoms. The predicted molar refractivity (Wildman–Crippen MR) is 144 cm³/mol. The molecule has 2 aromatic carbocycles. The Hall–Kier alpha value is -3.25. The van der Waals surface area contributed by atoms with Crippen molar-refractivity contribution in [2.45, 2.75) is 37.6 Å². The highest BCUT2D eigenvalue weighted by Gasteiger charge is 2.31. The van der Waals surface area contributed by atoms with Crippen LogP contribution in [0.1, 0.15) is 26.2 Å². The van der Waals surface area contributed by atoms with Gasteiger partial charge in [-0.25, -0.2) is 17.8 Å². The van der Waals surface area contributed by atoms with Gasteiger partial charge >= 0.3 is 0 Å². The predicted octanol–water partition coefficient (Wildman–Crippen LogP) is 3.52. The van der Waals surface area contributed by atoms with Gasteiger partial charge in [0.25, 0.3) is 10.0 Å². The van der Waals surface area contributed by atoms with Gasteiger partial charge in [-0.3, -0.25) is 9.52 Å². The Bertz CT molecular complexity index is 1390. The van der Waals surface area contributed by atoms with Crippen LogP contribution in [0.5, 0.6) is 0 Å². The molecule has 37 heavy (non-hydrogen) atoms. The van der Waals surface area contributed by atoms with E-state index < -0.39 is 10.0 Å². The lowest BCUT2D eigenvalue weighted by Crippen LogP contribution is -2.55. The summed E-state index contributed by atoms with van der Waals surface area (Å²) in [5.41, 5.74) is 2.80. The third-order valence-electron chi connectivity index (χ3n) is 6.87. The molecule has 1 N–H and O–H groups in total. The Balaban J connectivity index is 0.00000336. The standard InChI is InChI=1S/C25H29FN6O3S2.H2/c1-17(32-11-3-4-19-16-20(26)5-10-23(19)32)24(33)31-14-12-30(13-15-31)21-6-8-22(9-7-21)37(34,35)29-25-27-18(2)28-36-25;/h5-10,16-17H,3-4,11-15H2,1-2H3,(H,27,28,29);1H/t17-;/m1./s1. The summed E-state index contributed by atoms with van der Waals surface area (Å²) < 4.78 is 45.4. The molecular formula is C25H31FN6O3S2. The van der Waals surface area contributed by atoms with Crippen molar-refractivity contribution < 1.29 is 19.0 Å². The van der Waals surface area contributed by atoms with E-state index in [0.717, 1.165) is 47.9 Å². The van der Waals surface area contributed by atoms with Crippen molar-refractivity contribution in [2.24, 2.45) is 0 Å². The molecule has 1 atom stereocenters. The molecule has 1 saturated heterocycles. The molecular weight excluding hydrogens is 515 g/mol. The number of nitrogens with one attached hydrogen (secondary N) is 1. The first-order valence-corrected chi connectivity index (χ1v) is 14.5. The number of piperazine rings is 1. The number of anilines is 3. The summed E-state index contributed by atoms with van der Waals surface area (Å²) in [6.45, 7) is 6.84. The normalized spacial score (nSPS) is 16.9. The molecule has 3 heterocycles. The fourth-order valence-corrected chi connectivity index (χ4v) is 6.73. The minimum absolute atomic E-state index is 0. The molecule has 9 nitrogen and oxygen atoms in total. The van der Waals surface area contributed by atoms with E-state index in [2.05, 4.69) is 23.9 Å². The number of rotatable bonds is 6. The van der Waals surface area contributed by atoms with Gasteiger partial charge in [-0.05, 0) is 74.7 Å². The van der Waals surface area contributed by atoms with Crippen LogP contribution in [0.15, 0.2) is 47.4 Å². The Labute approximate surface area is 221 Å².